The number of amides is 8. The van der Waals surface area contributed by atoms with Gasteiger partial charge in [-0.25, -0.2) is 0 Å². The zero-order valence-corrected chi connectivity index (χ0v) is 36.3. The zero-order chi connectivity index (χ0) is 43.7. The number of nitrogens with one attached hydrogen (secondary N) is 8. The van der Waals surface area contributed by atoms with Crippen LogP contribution in [-0.4, -0.2) is 102 Å². The highest BCUT2D eigenvalue weighted by Gasteiger charge is 2.41. The molecule has 0 aromatic rings. The zero-order valence-electron chi connectivity index (χ0n) is 36.3. The molecule has 17 nitrogen and oxygen atoms in total. The van der Waals surface area contributed by atoms with Gasteiger partial charge in [0.05, 0.1) is 0 Å². The van der Waals surface area contributed by atoms with Gasteiger partial charge in [-0.05, 0) is 68.2 Å². The van der Waals surface area contributed by atoms with Crippen LogP contribution >= 0.6 is 0 Å². The summed E-state index contributed by atoms with van der Waals surface area (Å²) < 4.78 is 0. The summed E-state index contributed by atoms with van der Waals surface area (Å²) in [4.78, 5) is 110. The fourth-order valence-electron chi connectivity index (χ4n) is 5.85. The van der Waals surface area contributed by atoms with E-state index in [1.54, 1.807) is 83.1 Å². The molecule has 0 aliphatic carbocycles. The van der Waals surface area contributed by atoms with Crippen molar-refractivity contribution in [3.63, 3.8) is 0 Å². The molecular formula is C39H71N9O8. The van der Waals surface area contributed by atoms with Crippen molar-refractivity contribution in [1.82, 2.24) is 42.5 Å². The molecule has 1 saturated heterocycles. The molecule has 0 spiro atoms. The van der Waals surface area contributed by atoms with Crippen LogP contribution in [-0.2, 0) is 38.4 Å². The molecule has 1 aliphatic heterocycles. The van der Waals surface area contributed by atoms with E-state index in [-0.39, 0.29) is 6.42 Å². The topological polar surface area (TPSA) is 259 Å². The van der Waals surface area contributed by atoms with E-state index >= 15 is 0 Å². The van der Waals surface area contributed by atoms with Crippen molar-refractivity contribution in [1.29, 1.82) is 0 Å². The van der Waals surface area contributed by atoms with Gasteiger partial charge in [0.25, 0.3) is 0 Å². The average Bonchev–Trinajstić information content (AvgIpc) is 3.03. The molecule has 320 valence electrons. The van der Waals surface area contributed by atoms with Gasteiger partial charge in [0, 0.05) is 0 Å². The second-order valence-corrected chi connectivity index (χ2v) is 19.3. The third kappa shape index (κ3) is 15.0. The van der Waals surface area contributed by atoms with Gasteiger partial charge in [0.1, 0.15) is 48.3 Å². The van der Waals surface area contributed by atoms with Crippen LogP contribution in [0.4, 0.5) is 0 Å². The number of carbonyl (C=O) groups excluding carboxylic acids is 8. The van der Waals surface area contributed by atoms with Crippen LogP contribution < -0.4 is 48.3 Å². The van der Waals surface area contributed by atoms with Gasteiger partial charge >= 0.3 is 0 Å². The van der Waals surface area contributed by atoms with Crippen LogP contribution in [0.5, 0.6) is 0 Å². The smallest absolute Gasteiger partial charge is 0.243 e. The summed E-state index contributed by atoms with van der Waals surface area (Å²) in [7, 11) is 0. The Bertz CT molecular complexity index is 1430. The van der Waals surface area contributed by atoms with E-state index < -0.39 is 117 Å². The molecule has 8 amide bonds. The molecular weight excluding hydrogens is 722 g/mol. The molecule has 1 heterocycles. The summed E-state index contributed by atoms with van der Waals surface area (Å²) in [6, 6.07) is -9.31. The van der Waals surface area contributed by atoms with E-state index in [0.717, 1.165) is 0 Å². The quantitative estimate of drug-likeness (QED) is 0.177. The molecule has 0 aromatic heterocycles. The summed E-state index contributed by atoms with van der Waals surface area (Å²) in [5.41, 5.74) is 2.27. The van der Waals surface area contributed by atoms with E-state index in [2.05, 4.69) is 42.5 Å². The van der Waals surface area contributed by atoms with E-state index in [0.29, 0.717) is 19.4 Å². The lowest BCUT2D eigenvalue weighted by Crippen LogP contribution is -2.64. The molecule has 0 radical (unpaired) electrons. The highest BCUT2D eigenvalue weighted by atomic mass is 16.2. The van der Waals surface area contributed by atoms with Gasteiger partial charge in [0.2, 0.25) is 47.3 Å². The molecule has 17 heteroatoms. The number of carbonyl (C=O) groups is 8. The van der Waals surface area contributed by atoms with E-state index in [4.69, 9.17) is 5.73 Å². The van der Waals surface area contributed by atoms with Crippen molar-refractivity contribution in [2.45, 2.75) is 171 Å². The maximum atomic E-state index is 13.9. The fraction of sp³-hybridized carbons (Fsp3) is 0.795. The summed E-state index contributed by atoms with van der Waals surface area (Å²) in [5, 5.41) is 21.5. The molecule has 0 aromatic carbocycles. The molecule has 56 heavy (non-hydrogen) atoms. The predicted molar refractivity (Wildman–Crippen MR) is 213 cm³/mol. The largest absolute Gasteiger partial charge is 0.343 e. The van der Waals surface area contributed by atoms with E-state index in [1.807, 2.05) is 0 Å². The molecule has 0 unspecified atom stereocenters. The van der Waals surface area contributed by atoms with Gasteiger partial charge in [-0.2, -0.15) is 0 Å². The van der Waals surface area contributed by atoms with Gasteiger partial charge in [-0.15, -0.1) is 0 Å². The van der Waals surface area contributed by atoms with Gasteiger partial charge in [-0.1, -0.05) is 83.1 Å². The summed E-state index contributed by atoms with van der Waals surface area (Å²) >= 11 is 0. The summed E-state index contributed by atoms with van der Waals surface area (Å²) in [6.45, 7) is 25.3. The van der Waals surface area contributed by atoms with Crippen molar-refractivity contribution in [2.75, 3.05) is 6.54 Å². The minimum absolute atomic E-state index is 0.165. The first-order valence-electron chi connectivity index (χ1n) is 19.5. The predicted octanol–water partition coefficient (Wildman–Crippen LogP) is 0.252. The molecule has 1 rings (SSSR count). The van der Waals surface area contributed by atoms with Crippen molar-refractivity contribution in [3.8, 4) is 0 Å². The van der Waals surface area contributed by atoms with Crippen LogP contribution in [0.25, 0.3) is 0 Å². The Hall–Kier alpha value is -4.28. The van der Waals surface area contributed by atoms with Crippen LogP contribution in [0, 0.1) is 21.7 Å². The molecule has 0 bridgehead atoms. The maximum absolute atomic E-state index is 13.9. The monoisotopic (exact) mass is 794 g/mol. The van der Waals surface area contributed by atoms with Crippen molar-refractivity contribution >= 4 is 47.3 Å². The molecule has 1 aliphatic rings. The minimum atomic E-state index is -1.18. The first-order valence-corrected chi connectivity index (χ1v) is 19.5. The standard InChI is InChI=1S/C39H71N9O8/c1-20-28(49)45-25(37(7,8)9)33(54)42-22(3)30(51)47-27(39(13,14)15)35(56)44-23(18-16-17-19-40)31(52)48-26(38(10,11)12)34(55)43-21(2)29(50)46-24(32(53)41-20)36(4,5)6/h20-27H,16-19,40H2,1-15H3,(H,41,53)(H,42,54)(H,43,55)(H,44,56)(H,45,49)(H,46,50)(H,47,51)(H,48,52)/t20-,21-,22-,23+,24-,25-,26-,27-/m1/s1. The highest BCUT2D eigenvalue weighted by Crippen LogP contribution is 2.24. The van der Waals surface area contributed by atoms with Crippen LogP contribution in [0.1, 0.15) is 123 Å². The second kappa shape index (κ2) is 19.7. The number of rotatable bonds is 4. The Morgan fingerprint density at radius 2 is 0.625 bits per heavy atom. The lowest BCUT2D eigenvalue weighted by Gasteiger charge is -2.35. The van der Waals surface area contributed by atoms with E-state index in [9.17, 15) is 38.4 Å². The number of unbranched alkanes of at least 4 members (excludes halogenated alkanes) is 1. The first kappa shape index (κ1) is 49.7. The van der Waals surface area contributed by atoms with Crippen molar-refractivity contribution in [2.24, 2.45) is 27.4 Å². The SMILES string of the molecule is C[C@H]1NC(=O)[C@H](C(C)(C)C)NC(=O)[C@@H](C)NC(=O)[C@H](C(C)(C)C)NC(=O)[C@@H](C)NC(=O)[C@H](C(C)(C)C)NC(=O)[C@H](CCCCN)NC(=O)[C@H](C(C)(C)C)NC1=O. The number of hydrogen-bond acceptors (Lipinski definition) is 9. The highest BCUT2D eigenvalue weighted by molar-refractivity contribution is 5.99. The normalized spacial score (nSPS) is 28.3. The van der Waals surface area contributed by atoms with Crippen LogP contribution in [0.2, 0.25) is 0 Å². The molecule has 1 fully saturated rings. The Labute approximate surface area is 333 Å². The van der Waals surface area contributed by atoms with Gasteiger partial charge in [-0.3, -0.25) is 38.4 Å². The number of hydrogen-bond donors (Lipinski definition) is 9. The number of nitrogens with two attached hydrogens (primary N) is 1. The van der Waals surface area contributed by atoms with Crippen molar-refractivity contribution < 1.29 is 38.4 Å². The fourth-order valence-corrected chi connectivity index (χ4v) is 5.85. The second-order valence-electron chi connectivity index (χ2n) is 19.3. The van der Waals surface area contributed by atoms with Gasteiger partial charge < -0.3 is 48.3 Å². The van der Waals surface area contributed by atoms with Gasteiger partial charge in [0.15, 0.2) is 0 Å². The van der Waals surface area contributed by atoms with Crippen molar-refractivity contribution in [3.05, 3.63) is 0 Å². The lowest BCUT2D eigenvalue weighted by molar-refractivity contribution is -0.139. The molecule has 8 atom stereocenters. The lowest BCUT2D eigenvalue weighted by atomic mass is 9.84. The Morgan fingerprint density at radius 1 is 0.375 bits per heavy atom. The maximum Gasteiger partial charge on any atom is 0.243 e. The third-order valence-electron chi connectivity index (χ3n) is 9.50. The third-order valence-corrected chi connectivity index (χ3v) is 9.50. The average molecular weight is 794 g/mol. The molecule has 10 N–H and O–H groups in total. The Kier molecular flexibility index (Phi) is 17.5. The minimum Gasteiger partial charge on any atom is -0.343 e. The van der Waals surface area contributed by atoms with E-state index in [1.165, 1.54) is 20.8 Å². The summed E-state index contributed by atoms with van der Waals surface area (Å²) in [5.74, 6) is -5.45. The summed E-state index contributed by atoms with van der Waals surface area (Å²) in [6.07, 6.45) is 1.17. The van der Waals surface area contributed by atoms with Crippen LogP contribution in [0.15, 0.2) is 0 Å². The van der Waals surface area contributed by atoms with Crippen LogP contribution in [0.3, 0.4) is 0 Å². The molecule has 0 saturated carbocycles. The Balaban J connectivity index is 3.81. The first-order chi connectivity index (χ1) is 25.3. The Morgan fingerprint density at radius 3 is 0.875 bits per heavy atom.